The minimum absolute atomic E-state index is 0.0154. The summed E-state index contributed by atoms with van der Waals surface area (Å²) in [5, 5.41) is 3.21. The fraction of sp³-hybridized carbons (Fsp3) is 0.167. The van der Waals surface area contributed by atoms with Crippen molar-refractivity contribution in [1.29, 1.82) is 0 Å². The molecule has 3 N–H and O–H groups in total. The lowest BCUT2D eigenvalue weighted by Crippen LogP contribution is -2.21. The number of aryl methyl sites for hydroxylation is 1. The first-order valence-corrected chi connectivity index (χ1v) is 7.03. The molecule has 0 aliphatic carbocycles. The zero-order valence-corrected chi connectivity index (χ0v) is 12.2. The summed E-state index contributed by atoms with van der Waals surface area (Å²) < 4.78 is 0. The van der Waals surface area contributed by atoms with Crippen LogP contribution >= 0.6 is 0 Å². The SMILES string of the molecule is Cc1ccc(C(=O)/C=C(\NCCN)c2ccccc2)cc1. The lowest BCUT2D eigenvalue weighted by atomic mass is 10.1. The molecule has 0 aliphatic rings. The second-order valence-corrected chi connectivity index (χ2v) is 4.87. The van der Waals surface area contributed by atoms with Crippen molar-refractivity contribution in [2.45, 2.75) is 6.92 Å². The molecule has 21 heavy (non-hydrogen) atoms. The number of nitrogens with one attached hydrogen (secondary N) is 1. The van der Waals surface area contributed by atoms with E-state index in [4.69, 9.17) is 5.73 Å². The Morgan fingerprint density at radius 3 is 2.33 bits per heavy atom. The van der Waals surface area contributed by atoms with Crippen LogP contribution < -0.4 is 11.1 Å². The second kappa shape index (κ2) is 7.41. The monoisotopic (exact) mass is 280 g/mol. The number of hydrogen-bond donors (Lipinski definition) is 2. The largest absolute Gasteiger partial charge is 0.383 e. The molecule has 0 heterocycles. The van der Waals surface area contributed by atoms with E-state index in [0.717, 1.165) is 16.8 Å². The van der Waals surface area contributed by atoms with Crippen LogP contribution in [-0.2, 0) is 0 Å². The molecule has 0 saturated heterocycles. The van der Waals surface area contributed by atoms with E-state index in [0.29, 0.717) is 18.7 Å². The highest BCUT2D eigenvalue weighted by molar-refractivity contribution is 6.08. The van der Waals surface area contributed by atoms with Crippen molar-refractivity contribution in [3.05, 3.63) is 77.4 Å². The van der Waals surface area contributed by atoms with Crippen LogP contribution in [0.25, 0.3) is 5.70 Å². The molecule has 3 nitrogen and oxygen atoms in total. The van der Waals surface area contributed by atoms with Gasteiger partial charge in [-0.3, -0.25) is 4.79 Å². The van der Waals surface area contributed by atoms with Crippen LogP contribution in [0.15, 0.2) is 60.7 Å². The molecule has 0 atom stereocenters. The molecule has 0 amide bonds. The third kappa shape index (κ3) is 4.29. The molecule has 0 saturated carbocycles. The molecule has 3 heteroatoms. The van der Waals surface area contributed by atoms with Crippen LogP contribution in [0.5, 0.6) is 0 Å². The number of rotatable bonds is 6. The van der Waals surface area contributed by atoms with Crippen molar-refractivity contribution >= 4 is 11.5 Å². The van der Waals surface area contributed by atoms with Gasteiger partial charge in [-0.15, -0.1) is 0 Å². The standard InChI is InChI=1S/C18H20N2O/c1-14-7-9-16(10-8-14)18(21)13-17(20-12-11-19)15-5-3-2-4-6-15/h2-10,13,20H,11-12,19H2,1H3/b17-13-. The Hall–Kier alpha value is -2.39. The molecular weight excluding hydrogens is 260 g/mol. The highest BCUT2D eigenvalue weighted by atomic mass is 16.1. The predicted octanol–water partition coefficient (Wildman–Crippen LogP) is 2.77. The molecule has 0 aromatic heterocycles. The van der Waals surface area contributed by atoms with Crippen LogP contribution in [-0.4, -0.2) is 18.9 Å². The predicted molar refractivity (Wildman–Crippen MR) is 87.0 cm³/mol. The number of allylic oxidation sites excluding steroid dienone is 1. The van der Waals surface area contributed by atoms with Gasteiger partial charge in [0.25, 0.3) is 0 Å². The third-order valence-corrected chi connectivity index (χ3v) is 3.16. The van der Waals surface area contributed by atoms with E-state index in [2.05, 4.69) is 5.32 Å². The summed E-state index contributed by atoms with van der Waals surface area (Å²) >= 11 is 0. The summed E-state index contributed by atoms with van der Waals surface area (Å²) in [5.41, 5.74) is 9.14. The molecule has 0 spiro atoms. The first-order valence-electron chi connectivity index (χ1n) is 7.03. The quantitative estimate of drug-likeness (QED) is 0.632. The molecule has 2 aromatic rings. The summed E-state index contributed by atoms with van der Waals surface area (Å²) in [5.74, 6) is -0.0154. The Balaban J connectivity index is 2.27. The van der Waals surface area contributed by atoms with E-state index < -0.39 is 0 Å². The first-order chi connectivity index (χ1) is 10.2. The van der Waals surface area contributed by atoms with Gasteiger partial charge in [-0.1, -0.05) is 60.2 Å². The van der Waals surface area contributed by atoms with Crippen LogP contribution in [0.3, 0.4) is 0 Å². The van der Waals surface area contributed by atoms with Gasteiger partial charge in [0.1, 0.15) is 0 Å². The van der Waals surface area contributed by atoms with Crippen molar-refractivity contribution in [2.75, 3.05) is 13.1 Å². The molecular formula is C18H20N2O. The summed E-state index contributed by atoms with van der Waals surface area (Å²) in [4.78, 5) is 12.4. The van der Waals surface area contributed by atoms with Gasteiger partial charge in [0, 0.05) is 30.4 Å². The summed E-state index contributed by atoms with van der Waals surface area (Å²) in [6.07, 6.45) is 1.63. The van der Waals surface area contributed by atoms with Crippen LogP contribution in [0.1, 0.15) is 21.5 Å². The maximum Gasteiger partial charge on any atom is 0.187 e. The average molecular weight is 280 g/mol. The van der Waals surface area contributed by atoms with Gasteiger partial charge in [0.15, 0.2) is 5.78 Å². The van der Waals surface area contributed by atoms with Gasteiger partial charge in [0.2, 0.25) is 0 Å². The Bertz CT molecular complexity index is 615. The smallest absolute Gasteiger partial charge is 0.187 e. The second-order valence-electron chi connectivity index (χ2n) is 4.87. The minimum Gasteiger partial charge on any atom is -0.383 e. The van der Waals surface area contributed by atoms with Gasteiger partial charge in [-0.05, 0) is 12.5 Å². The van der Waals surface area contributed by atoms with Crippen LogP contribution in [0.2, 0.25) is 0 Å². The van der Waals surface area contributed by atoms with E-state index in [1.807, 2.05) is 61.5 Å². The van der Waals surface area contributed by atoms with E-state index in [1.165, 1.54) is 0 Å². The highest BCUT2D eigenvalue weighted by Gasteiger charge is 2.06. The maximum atomic E-state index is 12.4. The Morgan fingerprint density at radius 1 is 1.05 bits per heavy atom. The fourth-order valence-corrected chi connectivity index (χ4v) is 1.99. The van der Waals surface area contributed by atoms with E-state index >= 15 is 0 Å². The number of nitrogens with two attached hydrogens (primary N) is 1. The zero-order valence-electron chi connectivity index (χ0n) is 12.2. The Morgan fingerprint density at radius 2 is 1.71 bits per heavy atom. The van der Waals surface area contributed by atoms with Gasteiger partial charge in [0.05, 0.1) is 0 Å². The Labute approximate surface area is 125 Å². The lowest BCUT2D eigenvalue weighted by Gasteiger charge is -2.10. The summed E-state index contributed by atoms with van der Waals surface area (Å²) in [7, 11) is 0. The topological polar surface area (TPSA) is 55.1 Å². The molecule has 0 aliphatic heterocycles. The van der Waals surface area contributed by atoms with E-state index in [9.17, 15) is 4.79 Å². The normalized spacial score (nSPS) is 11.2. The van der Waals surface area contributed by atoms with Gasteiger partial charge in [-0.25, -0.2) is 0 Å². The molecule has 2 rings (SSSR count). The molecule has 108 valence electrons. The molecule has 0 fully saturated rings. The first kappa shape index (κ1) is 15.0. The van der Waals surface area contributed by atoms with Gasteiger partial charge < -0.3 is 11.1 Å². The van der Waals surface area contributed by atoms with Crippen molar-refractivity contribution in [3.8, 4) is 0 Å². The minimum atomic E-state index is -0.0154. The molecule has 0 unspecified atom stereocenters. The molecule has 2 aromatic carbocycles. The number of carbonyl (C=O) groups excluding carboxylic acids is 1. The van der Waals surface area contributed by atoms with E-state index in [1.54, 1.807) is 6.08 Å². The van der Waals surface area contributed by atoms with Gasteiger partial charge >= 0.3 is 0 Å². The summed E-state index contributed by atoms with van der Waals surface area (Å²) in [6.45, 7) is 3.15. The maximum absolute atomic E-state index is 12.4. The zero-order chi connectivity index (χ0) is 15.1. The van der Waals surface area contributed by atoms with Gasteiger partial charge in [-0.2, -0.15) is 0 Å². The number of benzene rings is 2. The molecule has 0 bridgehead atoms. The Kier molecular flexibility index (Phi) is 5.29. The van der Waals surface area contributed by atoms with Crippen LogP contribution in [0, 0.1) is 6.92 Å². The summed E-state index contributed by atoms with van der Waals surface area (Å²) in [6, 6.07) is 17.4. The van der Waals surface area contributed by atoms with Crippen molar-refractivity contribution in [2.24, 2.45) is 5.73 Å². The third-order valence-electron chi connectivity index (χ3n) is 3.16. The number of ketones is 1. The number of hydrogen-bond acceptors (Lipinski definition) is 3. The number of carbonyl (C=O) groups is 1. The highest BCUT2D eigenvalue weighted by Crippen LogP contribution is 2.13. The van der Waals surface area contributed by atoms with Crippen molar-refractivity contribution in [3.63, 3.8) is 0 Å². The van der Waals surface area contributed by atoms with E-state index in [-0.39, 0.29) is 5.78 Å². The lowest BCUT2D eigenvalue weighted by molar-refractivity contribution is 0.104. The van der Waals surface area contributed by atoms with Crippen LogP contribution in [0.4, 0.5) is 0 Å². The molecule has 0 radical (unpaired) electrons. The van der Waals surface area contributed by atoms with Crippen molar-refractivity contribution in [1.82, 2.24) is 5.32 Å². The van der Waals surface area contributed by atoms with Crippen molar-refractivity contribution < 1.29 is 4.79 Å². The fourth-order valence-electron chi connectivity index (χ4n) is 1.99. The average Bonchev–Trinajstić information content (AvgIpc) is 2.52.